The van der Waals surface area contributed by atoms with Crippen LogP contribution in [0.4, 0.5) is 140 Å². The summed E-state index contributed by atoms with van der Waals surface area (Å²) < 4.78 is 211. The average molecular weight is 1880 g/mol. The van der Waals surface area contributed by atoms with E-state index in [9.17, 15) is 70.2 Å². The highest BCUT2D eigenvalue weighted by molar-refractivity contribution is 5.81. The molecule has 0 aliphatic rings. The monoisotopic (exact) mass is 1880 g/mol. The molecular formula is C93H70F16N28. The van der Waals surface area contributed by atoms with Crippen molar-refractivity contribution in [1.82, 2.24) is 79.7 Å². The van der Waals surface area contributed by atoms with Gasteiger partial charge in [-0.05, 0) is 190 Å². The topological polar surface area (TPSA) is 352 Å². The molecule has 12 aromatic heterocycles. The number of nitrogens with one attached hydrogen (secondary N) is 8. The van der Waals surface area contributed by atoms with Gasteiger partial charge in [-0.3, -0.25) is 39.9 Å². The fourth-order valence-corrected chi connectivity index (χ4v) is 11.9. The van der Waals surface area contributed by atoms with Crippen LogP contribution in [0.1, 0.15) is 76.0 Å². The molecule has 12 heterocycles. The lowest BCUT2D eigenvalue weighted by molar-refractivity contribution is -0.138. The second kappa shape index (κ2) is 45.0. The van der Waals surface area contributed by atoms with E-state index in [0.29, 0.717) is 86.7 Å². The minimum Gasteiger partial charge on any atom is -0.354 e. The Labute approximate surface area is 767 Å². The van der Waals surface area contributed by atoms with Crippen LogP contribution in [0, 0.1) is 30.2 Å². The van der Waals surface area contributed by atoms with E-state index in [1.165, 1.54) is 104 Å². The molecular weight excluding hydrogens is 1810 g/mol. The summed E-state index contributed by atoms with van der Waals surface area (Å²) in [6.45, 7) is 5.66. The number of hydrogen-bond acceptors (Lipinski definition) is 28. The normalized spacial score (nSPS) is 11.6. The molecule has 0 saturated heterocycles. The van der Waals surface area contributed by atoms with Crippen LogP contribution in [0.3, 0.4) is 0 Å². The Hall–Kier alpha value is -17.6. The molecule has 0 aliphatic carbocycles. The average Bonchev–Trinajstić information content (AvgIpc) is 0.900. The van der Waals surface area contributed by atoms with Gasteiger partial charge in [-0.15, -0.1) is 0 Å². The molecule has 0 radical (unpaired) electrons. The maximum Gasteiger partial charge on any atom is 0.416 e. The zero-order chi connectivity index (χ0) is 97.1. The van der Waals surface area contributed by atoms with Crippen molar-refractivity contribution in [3.05, 3.63) is 360 Å². The van der Waals surface area contributed by atoms with E-state index in [-0.39, 0.29) is 69.3 Å². The SMILES string of the molecule is CCc1cccc(-c2nc(N/N=C/c3ccc(Nc4cccc(C(F)(F)F)c4)cn3)ncc2F)n1.CCc1ncccc1-c1nc(N/N=C/c2ccc(Nc3cccc(C(F)(F)F)c3)cn2)ncc1F.Cc1cccc(-c2nc(N/N=C/c3ccc(Nc4cccc(C(F)(F)F)c4)cn3)ncc2F)n1.Fc1cnc(N/N=C/c2ccc(Nc3cccc(C(F)(F)F)c3)cn2)nc1-c1ccccn1. The lowest BCUT2D eigenvalue weighted by atomic mass is 10.1. The fourth-order valence-electron chi connectivity index (χ4n) is 11.9. The van der Waals surface area contributed by atoms with E-state index in [1.807, 2.05) is 19.9 Å². The summed E-state index contributed by atoms with van der Waals surface area (Å²) in [7, 11) is 0. The first-order valence-electron chi connectivity index (χ1n) is 40.4. The number of pyridine rings is 8. The molecule has 0 fully saturated rings. The van der Waals surface area contributed by atoms with Gasteiger partial charge in [-0.2, -0.15) is 73.1 Å². The molecule has 0 amide bonds. The smallest absolute Gasteiger partial charge is 0.354 e. The fraction of sp³-hybridized carbons (Fsp3) is 0.0968. The van der Waals surface area contributed by atoms with E-state index in [2.05, 4.69) is 143 Å². The van der Waals surface area contributed by atoms with E-state index in [4.69, 9.17) is 0 Å². The van der Waals surface area contributed by atoms with Crippen LogP contribution in [0.2, 0.25) is 0 Å². The Morgan fingerprint density at radius 2 is 0.599 bits per heavy atom. The van der Waals surface area contributed by atoms with Gasteiger partial charge in [0.2, 0.25) is 23.8 Å². The Bertz CT molecular complexity index is 6900. The quantitative estimate of drug-likeness (QED) is 0.0142. The lowest BCUT2D eigenvalue weighted by Gasteiger charge is -2.10. The lowest BCUT2D eigenvalue weighted by Crippen LogP contribution is -2.05. The Kier molecular flexibility index (Phi) is 31.8. The summed E-state index contributed by atoms with van der Waals surface area (Å²) >= 11 is 0. The molecule has 16 rings (SSSR count). The van der Waals surface area contributed by atoms with Crippen molar-refractivity contribution in [1.29, 1.82) is 0 Å². The molecule has 8 N–H and O–H groups in total. The standard InChI is InChI=1S/2C24H19F4N7.C23H17F4N7.C22H15F4N7/c1-2-16-6-4-8-21(33-16)22-20(25)14-30-23(34-22)35-31-13-18-9-10-19(12-29-18)32-17-7-3-5-15(11-17)24(26,27)28;1-2-21-19(7-4-10-29-21)22-20(25)14-31-23(34-22)35-32-13-17-8-9-18(12-30-17)33-16-6-3-5-15(11-16)24(26,27)28;1-14-4-2-7-20(31-14)21-19(24)13-29-22(33-21)34-30-12-17-8-9-18(11-28-17)32-16-6-3-5-15(10-16)23(25,26)27;23-18-13-29-21(32-20(18)19-6-1-2-9-27-19)33-30-12-16-7-8-17(11-28-16)31-15-5-3-4-14(10-15)22(24,25)26/h3-14,32H,2H2,1H3,(H,30,34,35);3-14,33H,2H2,1H3,(H,31,34,35);2-13,32H,1H3,(H,29,33,34);1-13,31H,(H,29,32,33)/b31-13+;32-13+;2*30-12+. The third kappa shape index (κ3) is 28.4. The summed E-state index contributed by atoms with van der Waals surface area (Å²) in [4.78, 5) is 65.7. The summed E-state index contributed by atoms with van der Waals surface area (Å²) in [5.74, 6) is -2.11. The molecule has 0 aliphatic heterocycles. The summed E-state index contributed by atoms with van der Waals surface area (Å²) in [5.41, 5.74) is 16.7. The van der Waals surface area contributed by atoms with Crippen molar-refractivity contribution in [3.8, 4) is 45.4 Å². The third-order valence-electron chi connectivity index (χ3n) is 18.4. The molecule has 0 spiro atoms. The summed E-state index contributed by atoms with van der Waals surface area (Å²) in [6.07, 6.45) is 2.35. The van der Waals surface area contributed by atoms with Gasteiger partial charge in [0, 0.05) is 57.8 Å². The Balaban J connectivity index is 0.000000154. The number of aryl methyl sites for hydroxylation is 3. The third-order valence-corrected chi connectivity index (χ3v) is 18.4. The van der Waals surface area contributed by atoms with Gasteiger partial charge in [-0.1, -0.05) is 56.3 Å². The predicted octanol–water partition coefficient (Wildman–Crippen LogP) is 22.6. The van der Waals surface area contributed by atoms with Crippen molar-refractivity contribution in [3.63, 3.8) is 0 Å². The number of rotatable bonds is 26. The maximum atomic E-state index is 14.3. The predicted molar refractivity (Wildman–Crippen MR) is 485 cm³/mol. The van der Waals surface area contributed by atoms with E-state index < -0.39 is 70.2 Å². The maximum absolute atomic E-state index is 14.3. The number of anilines is 12. The zero-order valence-electron chi connectivity index (χ0n) is 71.2. The number of hydrogen-bond donors (Lipinski definition) is 8. The van der Waals surface area contributed by atoms with Crippen molar-refractivity contribution < 1.29 is 70.2 Å². The van der Waals surface area contributed by atoms with Crippen LogP contribution in [0.25, 0.3) is 45.4 Å². The Morgan fingerprint density at radius 3 is 0.920 bits per heavy atom. The summed E-state index contributed by atoms with van der Waals surface area (Å²) in [6, 6.07) is 51.5. The molecule has 0 unspecified atom stereocenters. The second-order valence-corrected chi connectivity index (χ2v) is 28.3. The van der Waals surface area contributed by atoms with Crippen LogP contribution in [-0.2, 0) is 37.5 Å². The molecule has 16 aromatic rings. The molecule has 44 heteroatoms. The number of hydrazone groups is 4. The number of halogens is 16. The molecule has 694 valence electrons. The molecule has 0 atom stereocenters. The number of aromatic nitrogens is 16. The van der Waals surface area contributed by atoms with Gasteiger partial charge in [0.1, 0.15) is 22.8 Å². The van der Waals surface area contributed by atoms with Crippen molar-refractivity contribution in [2.75, 3.05) is 43.0 Å². The van der Waals surface area contributed by atoms with Gasteiger partial charge in [-0.25, -0.2) is 79.1 Å². The molecule has 28 nitrogen and oxygen atoms in total. The van der Waals surface area contributed by atoms with Crippen LogP contribution in [0.15, 0.2) is 295 Å². The van der Waals surface area contributed by atoms with Gasteiger partial charge >= 0.3 is 24.7 Å². The van der Waals surface area contributed by atoms with Crippen LogP contribution < -0.4 is 43.0 Å². The minimum absolute atomic E-state index is 0.0337. The highest BCUT2D eigenvalue weighted by Crippen LogP contribution is 2.37. The summed E-state index contributed by atoms with van der Waals surface area (Å²) in [5, 5.41) is 27.5. The van der Waals surface area contributed by atoms with Crippen LogP contribution in [-0.4, -0.2) is 105 Å². The van der Waals surface area contributed by atoms with Gasteiger partial charge < -0.3 is 21.3 Å². The first-order chi connectivity index (χ1) is 65.8. The zero-order valence-corrected chi connectivity index (χ0v) is 71.2. The van der Waals surface area contributed by atoms with Crippen molar-refractivity contribution >= 4 is 94.2 Å². The first-order valence-corrected chi connectivity index (χ1v) is 40.4. The van der Waals surface area contributed by atoms with Crippen LogP contribution >= 0.6 is 0 Å². The van der Waals surface area contributed by atoms with E-state index in [0.717, 1.165) is 84.7 Å². The van der Waals surface area contributed by atoms with E-state index in [1.54, 1.807) is 122 Å². The second-order valence-electron chi connectivity index (χ2n) is 28.3. The highest BCUT2D eigenvalue weighted by Gasteiger charge is 2.34. The number of alkyl halides is 12. The van der Waals surface area contributed by atoms with Crippen molar-refractivity contribution in [2.24, 2.45) is 20.4 Å². The first kappa shape index (κ1) is 96.9. The molecule has 137 heavy (non-hydrogen) atoms. The molecule has 0 bridgehead atoms. The highest BCUT2D eigenvalue weighted by atomic mass is 19.4. The van der Waals surface area contributed by atoms with E-state index >= 15 is 0 Å². The van der Waals surface area contributed by atoms with Gasteiger partial charge in [0.05, 0.1) is 159 Å². The van der Waals surface area contributed by atoms with Gasteiger partial charge in [0.15, 0.2) is 23.3 Å². The Morgan fingerprint density at radius 1 is 0.277 bits per heavy atom. The number of nitrogens with zero attached hydrogens (tertiary/aromatic N) is 20. The largest absolute Gasteiger partial charge is 0.416 e. The van der Waals surface area contributed by atoms with Crippen molar-refractivity contribution in [2.45, 2.75) is 58.3 Å². The minimum atomic E-state index is -4.42. The molecule has 0 saturated carbocycles. The number of benzene rings is 4. The van der Waals surface area contributed by atoms with Crippen LogP contribution in [0.5, 0.6) is 0 Å². The van der Waals surface area contributed by atoms with Gasteiger partial charge in [0.25, 0.3) is 0 Å². The molecule has 4 aromatic carbocycles.